The Morgan fingerprint density at radius 2 is 0.667 bits per heavy atom. The summed E-state index contributed by atoms with van der Waals surface area (Å²) in [7, 11) is -6.17. The van der Waals surface area contributed by atoms with Crippen LogP contribution in [-0.2, 0) is 10.7 Å². The second kappa shape index (κ2) is 5.43. The Morgan fingerprint density at radius 3 is 0.667 bits per heavy atom. The van der Waals surface area contributed by atoms with Gasteiger partial charge in [0.25, 0.3) is 0 Å². The van der Waals surface area contributed by atoms with Crippen LogP contribution in [0.25, 0.3) is 0 Å². The molecule has 64 valence electrons. The molecule has 0 bridgehead atoms. The average molecular weight is 274 g/mol. The summed E-state index contributed by atoms with van der Waals surface area (Å²) >= 11 is 0. The van der Waals surface area contributed by atoms with E-state index in [1.807, 2.05) is 0 Å². The van der Waals surface area contributed by atoms with Crippen molar-refractivity contribution in [3.05, 3.63) is 0 Å². The quantitative estimate of drug-likeness (QED) is 0.402. The van der Waals surface area contributed by atoms with Gasteiger partial charge in [-0.1, -0.05) is 0 Å². The van der Waals surface area contributed by atoms with E-state index in [0.29, 0.717) is 0 Å². The van der Waals surface area contributed by atoms with E-state index in [9.17, 15) is 0 Å². The zero-order valence-electron chi connectivity index (χ0n) is 8.04. The molecule has 0 spiro atoms. The summed E-state index contributed by atoms with van der Waals surface area (Å²) in [6, 6.07) is 0. The maximum absolute atomic E-state index is 8.58. The Hall–Kier alpha value is 0.0958. The van der Waals surface area contributed by atoms with Crippen LogP contribution in [0.2, 0.25) is 0 Å². The summed E-state index contributed by atoms with van der Waals surface area (Å²) in [6.07, 6.45) is 0. The normalized spacial score (nSPS) is 11.6. The van der Waals surface area contributed by atoms with Crippen molar-refractivity contribution in [2.75, 3.05) is 0 Å². The molecular formula is C6FeKN6Na. The van der Waals surface area contributed by atoms with Gasteiger partial charge in [-0.2, -0.15) is 0 Å². The molecule has 0 unspecified atom stereocenters. The van der Waals surface area contributed by atoms with E-state index in [0.717, 1.165) is 29.8 Å². The Kier molecular flexibility index (Phi) is 7.42. The topological polar surface area (TPSA) is 143 Å². The Morgan fingerprint density at radius 1 is 0.533 bits per heavy atom. The van der Waals surface area contributed by atoms with E-state index < -0.39 is 10.7 Å². The van der Waals surface area contributed by atoms with Crippen molar-refractivity contribution in [3.8, 4) is 29.8 Å². The van der Waals surface area contributed by atoms with Gasteiger partial charge in [-0.3, -0.25) is 0 Å². The fourth-order valence-electron chi connectivity index (χ4n) is 0.265. The Balaban J connectivity index is -0.000000720. The van der Waals surface area contributed by atoms with Gasteiger partial charge < -0.3 is 0 Å². The summed E-state index contributed by atoms with van der Waals surface area (Å²) in [6.45, 7) is 0. The summed E-state index contributed by atoms with van der Waals surface area (Å²) in [5.74, 6) is 0. The number of nitrogens with zero attached hydrogens (tertiary/aromatic N) is 6. The van der Waals surface area contributed by atoms with Crippen LogP contribution < -0.4 is 80.9 Å². The molecule has 0 aromatic heterocycles. The van der Waals surface area contributed by atoms with E-state index in [1.54, 1.807) is 0 Å². The SMILES string of the molecule is N#[C][Fe-2]([C]#N)([C]#N)([C]#N)([C]#N)[C]#N.[K+].[Na+]. The third-order valence-electron chi connectivity index (χ3n) is 1.19. The van der Waals surface area contributed by atoms with Crippen LogP contribution in [0.15, 0.2) is 0 Å². The molecule has 0 atom stereocenters. The largest absolute Gasteiger partial charge is 1.00 e. The van der Waals surface area contributed by atoms with Crippen LogP contribution in [0.5, 0.6) is 0 Å². The first-order valence-electron chi connectivity index (χ1n) is 2.40. The third kappa shape index (κ3) is 2.28. The zero-order chi connectivity index (χ0) is 10.7. The van der Waals surface area contributed by atoms with Crippen molar-refractivity contribution in [1.82, 2.24) is 0 Å². The van der Waals surface area contributed by atoms with Crippen molar-refractivity contribution in [2.45, 2.75) is 0 Å². The fraction of sp³-hybridized carbons (Fsp3) is 0. The van der Waals surface area contributed by atoms with Crippen molar-refractivity contribution in [3.63, 3.8) is 0 Å². The van der Waals surface area contributed by atoms with Gasteiger partial charge in [0.2, 0.25) is 0 Å². The van der Waals surface area contributed by atoms with Gasteiger partial charge in [-0.15, -0.1) is 0 Å². The molecule has 0 amide bonds. The molecule has 0 aromatic rings. The van der Waals surface area contributed by atoms with Gasteiger partial charge in [0, 0.05) is 0 Å². The minimum Gasteiger partial charge on any atom is 1.00 e. The molecule has 0 aromatic carbocycles. The van der Waals surface area contributed by atoms with E-state index in [-0.39, 0.29) is 80.9 Å². The van der Waals surface area contributed by atoms with Gasteiger partial charge in [0.05, 0.1) is 0 Å². The molecule has 15 heavy (non-hydrogen) atoms. The molecule has 0 radical (unpaired) electrons. The molecule has 0 rings (SSSR count). The second-order valence-corrected chi connectivity index (χ2v) is 7.42. The van der Waals surface area contributed by atoms with Crippen LogP contribution in [0.4, 0.5) is 0 Å². The molecular weight excluding hydrogens is 274 g/mol. The minimum absolute atomic E-state index is 0. The van der Waals surface area contributed by atoms with Gasteiger partial charge in [-0.05, 0) is 0 Å². The summed E-state index contributed by atoms with van der Waals surface area (Å²) in [5.41, 5.74) is 0. The van der Waals surface area contributed by atoms with Crippen LogP contribution in [0.3, 0.4) is 0 Å². The first-order chi connectivity index (χ1) is 5.97. The third-order valence-corrected chi connectivity index (χ3v) is 4.89. The molecule has 0 fully saturated rings. The van der Waals surface area contributed by atoms with Gasteiger partial charge in [0.15, 0.2) is 0 Å². The van der Waals surface area contributed by atoms with Crippen LogP contribution in [0.1, 0.15) is 0 Å². The number of nitriles is 6. The molecule has 6 nitrogen and oxygen atoms in total. The Bertz CT molecular complexity index is 397. The number of hydrogen-bond donors (Lipinski definition) is 0. The smallest absolute Gasteiger partial charge is 1.00 e. The van der Waals surface area contributed by atoms with Crippen LogP contribution >= 0.6 is 0 Å². The van der Waals surface area contributed by atoms with Gasteiger partial charge in [0.1, 0.15) is 0 Å². The predicted octanol–water partition coefficient (Wildman–Crippen LogP) is -5.89. The van der Waals surface area contributed by atoms with Crippen LogP contribution in [0, 0.1) is 61.4 Å². The van der Waals surface area contributed by atoms with Crippen molar-refractivity contribution in [1.29, 1.82) is 31.6 Å². The monoisotopic (exact) mass is 274 g/mol. The summed E-state index contributed by atoms with van der Waals surface area (Å²) in [4.78, 5) is 6.19. The average Bonchev–Trinajstić information content (AvgIpc) is 2.26. The summed E-state index contributed by atoms with van der Waals surface area (Å²) < 4.78 is 0. The van der Waals surface area contributed by atoms with E-state index in [4.69, 9.17) is 31.6 Å². The molecule has 0 saturated carbocycles. The first kappa shape index (κ1) is 20.5. The molecule has 0 heterocycles. The predicted molar refractivity (Wildman–Crippen MR) is 33.7 cm³/mol. The zero-order valence-corrected chi connectivity index (χ0v) is 14.3. The second-order valence-electron chi connectivity index (χ2n) is 1.80. The summed E-state index contributed by atoms with van der Waals surface area (Å²) in [5, 5.41) is 51.5. The number of hydrogen-bond acceptors (Lipinski definition) is 6. The van der Waals surface area contributed by atoms with Crippen molar-refractivity contribution < 1.29 is 91.7 Å². The Labute approximate surface area is 150 Å². The van der Waals surface area contributed by atoms with E-state index in [1.165, 1.54) is 0 Å². The standard InChI is InChI=1S/6CN.Fe.K.Na/c6*1-2;;;/q;;;;;;-2;2*+1. The van der Waals surface area contributed by atoms with Gasteiger partial charge in [-0.25, -0.2) is 0 Å². The van der Waals surface area contributed by atoms with E-state index in [2.05, 4.69) is 0 Å². The van der Waals surface area contributed by atoms with Crippen LogP contribution in [-0.4, -0.2) is 0 Å². The molecule has 0 N–H and O–H groups in total. The minimum atomic E-state index is -6.17. The molecule has 9 heteroatoms. The fourth-order valence-corrected chi connectivity index (χ4v) is 1.09. The molecule has 0 aliphatic rings. The van der Waals surface area contributed by atoms with E-state index >= 15 is 0 Å². The van der Waals surface area contributed by atoms with Crippen molar-refractivity contribution in [2.24, 2.45) is 0 Å². The first-order valence-corrected chi connectivity index (χ1v) is 5.71. The maximum Gasteiger partial charge on any atom is 1.00 e. The van der Waals surface area contributed by atoms with Crippen molar-refractivity contribution >= 4 is 0 Å². The van der Waals surface area contributed by atoms with Gasteiger partial charge >= 0.3 is 153 Å². The molecule has 0 aliphatic carbocycles. The molecule has 0 aliphatic heterocycles. The molecule has 0 saturated heterocycles. The number of rotatable bonds is 0. The maximum atomic E-state index is 8.58.